The highest BCUT2D eigenvalue weighted by Gasteiger charge is 2.30. The number of hydrogen-bond acceptors (Lipinski definition) is 2. The van der Waals surface area contributed by atoms with Gasteiger partial charge in [0.05, 0.1) is 13.2 Å². The monoisotopic (exact) mass is 362 g/mol. The fourth-order valence-corrected chi connectivity index (χ4v) is 3.13. The van der Waals surface area contributed by atoms with Gasteiger partial charge >= 0.3 is 0 Å². The molecule has 0 fully saturated rings. The zero-order chi connectivity index (χ0) is 18.1. The van der Waals surface area contributed by atoms with Gasteiger partial charge in [0, 0.05) is 5.88 Å². The number of alkyl halides is 1. The number of halogens is 1. The van der Waals surface area contributed by atoms with Gasteiger partial charge in [0.25, 0.3) is 0 Å². The summed E-state index contributed by atoms with van der Waals surface area (Å²) in [6.45, 7) is 8.27. The molecule has 1 aliphatic rings. The van der Waals surface area contributed by atoms with Gasteiger partial charge in [-0.05, 0) is 60.4 Å². The standard InChI is InChI=1S/C22H31ClO2/c1-4-5-16-24-20-11-7-18(8-12-20)22(2,3)19-9-13-21(14-10-19)25-17-6-15-23/h7-9,11-14,19H,4-6,10,15-17H2,1-3H3. The number of hydrogen-bond donors (Lipinski definition) is 0. The predicted octanol–water partition coefficient (Wildman–Crippen LogP) is 6.25. The molecule has 138 valence electrons. The van der Waals surface area contributed by atoms with Crippen LogP contribution in [-0.4, -0.2) is 19.1 Å². The number of benzene rings is 1. The van der Waals surface area contributed by atoms with Crippen molar-refractivity contribution in [2.24, 2.45) is 5.92 Å². The first-order valence-electron chi connectivity index (χ1n) is 9.38. The average molecular weight is 363 g/mol. The van der Waals surface area contributed by atoms with Gasteiger partial charge in [-0.15, -0.1) is 11.6 Å². The Morgan fingerprint density at radius 3 is 2.40 bits per heavy atom. The normalized spacial score (nSPS) is 17.3. The molecule has 0 amide bonds. The van der Waals surface area contributed by atoms with Crippen LogP contribution in [-0.2, 0) is 10.2 Å². The predicted molar refractivity (Wildman–Crippen MR) is 106 cm³/mol. The van der Waals surface area contributed by atoms with Gasteiger partial charge in [0.1, 0.15) is 11.5 Å². The fourth-order valence-electron chi connectivity index (χ4n) is 3.02. The lowest BCUT2D eigenvalue weighted by molar-refractivity contribution is 0.220. The number of unbranched alkanes of at least 4 members (excludes halogenated alkanes) is 1. The molecule has 0 radical (unpaired) electrons. The van der Waals surface area contributed by atoms with E-state index < -0.39 is 0 Å². The minimum Gasteiger partial charge on any atom is -0.494 e. The highest BCUT2D eigenvalue weighted by molar-refractivity contribution is 6.17. The van der Waals surface area contributed by atoms with Gasteiger partial charge in [0.2, 0.25) is 0 Å². The Balaban J connectivity index is 1.94. The van der Waals surface area contributed by atoms with Crippen molar-refractivity contribution in [2.75, 3.05) is 19.1 Å². The van der Waals surface area contributed by atoms with Crippen LogP contribution in [0.1, 0.15) is 52.0 Å². The summed E-state index contributed by atoms with van der Waals surface area (Å²) in [6.07, 6.45) is 10.7. The Hall–Kier alpha value is -1.41. The Kier molecular flexibility index (Phi) is 7.90. The molecular weight excluding hydrogens is 332 g/mol. The van der Waals surface area contributed by atoms with Crippen molar-refractivity contribution in [2.45, 2.75) is 51.9 Å². The third kappa shape index (κ3) is 5.81. The molecule has 1 aliphatic carbocycles. The second-order valence-corrected chi connectivity index (χ2v) is 7.52. The van der Waals surface area contributed by atoms with E-state index in [2.05, 4.69) is 63.3 Å². The lowest BCUT2D eigenvalue weighted by Gasteiger charge is -2.34. The van der Waals surface area contributed by atoms with Crippen molar-refractivity contribution in [3.63, 3.8) is 0 Å². The molecule has 2 rings (SSSR count). The molecule has 1 atom stereocenters. The van der Waals surface area contributed by atoms with E-state index in [1.54, 1.807) is 0 Å². The van der Waals surface area contributed by atoms with Crippen molar-refractivity contribution in [3.05, 3.63) is 53.8 Å². The van der Waals surface area contributed by atoms with Crippen LogP contribution in [0.5, 0.6) is 5.75 Å². The Labute approximate surface area is 157 Å². The molecule has 0 aliphatic heterocycles. The second kappa shape index (κ2) is 9.91. The highest BCUT2D eigenvalue weighted by atomic mass is 35.5. The van der Waals surface area contributed by atoms with Crippen molar-refractivity contribution in [1.29, 1.82) is 0 Å². The third-order valence-electron chi connectivity index (χ3n) is 4.90. The first-order chi connectivity index (χ1) is 12.1. The van der Waals surface area contributed by atoms with Gasteiger partial charge < -0.3 is 9.47 Å². The topological polar surface area (TPSA) is 18.5 Å². The third-order valence-corrected chi connectivity index (χ3v) is 5.17. The number of ether oxygens (including phenoxy) is 2. The quantitative estimate of drug-likeness (QED) is 0.362. The zero-order valence-electron chi connectivity index (χ0n) is 15.8. The Bertz CT molecular complexity index is 572. The first-order valence-corrected chi connectivity index (χ1v) is 9.92. The van der Waals surface area contributed by atoms with E-state index in [0.717, 1.165) is 43.8 Å². The summed E-state index contributed by atoms with van der Waals surface area (Å²) in [5, 5.41) is 0. The smallest absolute Gasteiger partial charge is 0.119 e. The van der Waals surface area contributed by atoms with Crippen molar-refractivity contribution in [3.8, 4) is 5.75 Å². The minimum atomic E-state index is 0.0661. The van der Waals surface area contributed by atoms with E-state index in [0.29, 0.717) is 18.4 Å². The van der Waals surface area contributed by atoms with Crippen LogP contribution in [0, 0.1) is 5.92 Å². The minimum absolute atomic E-state index is 0.0661. The zero-order valence-corrected chi connectivity index (χ0v) is 16.5. The van der Waals surface area contributed by atoms with Crippen LogP contribution in [0.25, 0.3) is 0 Å². The fraction of sp³-hybridized carbons (Fsp3) is 0.545. The van der Waals surface area contributed by atoms with Crippen LogP contribution in [0.4, 0.5) is 0 Å². The SMILES string of the molecule is CCCCOc1ccc(C(C)(C)C2C=CC(OCCCCl)=CC2)cc1. The summed E-state index contributed by atoms with van der Waals surface area (Å²) >= 11 is 5.69. The van der Waals surface area contributed by atoms with Crippen LogP contribution in [0.3, 0.4) is 0 Å². The molecule has 0 saturated carbocycles. The highest BCUT2D eigenvalue weighted by Crippen LogP contribution is 2.37. The Morgan fingerprint density at radius 1 is 1.08 bits per heavy atom. The molecule has 1 aromatic carbocycles. The summed E-state index contributed by atoms with van der Waals surface area (Å²) in [4.78, 5) is 0. The molecule has 3 heteroatoms. The molecule has 25 heavy (non-hydrogen) atoms. The molecule has 0 spiro atoms. The molecule has 0 heterocycles. The summed E-state index contributed by atoms with van der Waals surface area (Å²) in [7, 11) is 0. The molecule has 0 saturated heterocycles. The largest absolute Gasteiger partial charge is 0.494 e. The lowest BCUT2D eigenvalue weighted by atomic mass is 9.71. The number of rotatable bonds is 10. The van der Waals surface area contributed by atoms with E-state index in [1.165, 1.54) is 5.56 Å². The van der Waals surface area contributed by atoms with E-state index in [4.69, 9.17) is 21.1 Å². The molecule has 0 N–H and O–H groups in total. The van der Waals surface area contributed by atoms with Gasteiger partial charge in [0.15, 0.2) is 0 Å². The number of allylic oxidation sites excluding steroid dienone is 3. The van der Waals surface area contributed by atoms with E-state index >= 15 is 0 Å². The van der Waals surface area contributed by atoms with Gasteiger partial charge in [-0.3, -0.25) is 0 Å². The van der Waals surface area contributed by atoms with Gasteiger partial charge in [-0.1, -0.05) is 45.4 Å². The summed E-state index contributed by atoms with van der Waals surface area (Å²) in [6, 6.07) is 8.59. The first kappa shape index (κ1) is 19.9. The van der Waals surface area contributed by atoms with Crippen molar-refractivity contribution in [1.82, 2.24) is 0 Å². The molecular formula is C22H31ClO2. The molecule has 2 nitrogen and oxygen atoms in total. The van der Waals surface area contributed by atoms with E-state index in [9.17, 15) is 0 Å². The average Bonchev–Trinajstić information content (AvgIpc) is 2.63. The maximum Gasteiger partial charge on any atom is 0.119 e. The van der Waals surface area contributed by atoms with Gasteiger partial charge in [-0.25, -0.2) is 0 Å². The van der Waals surface area contributed by atoms with Gasteiger partial charge in [-0.2, -0.15) is 0 Å². The Morgan fingerprint density at radius 2 is 1.80 bits per heavy atom. The summed E-state index contributed by atoms with van der Waals surface area (Å²) in [5.74, 6) is 3.03. The van der Waals surface area contributed by atoms with Crippen LogP contribution in [0.2, 0.25) is 0 Å². The maximum atomic E-state index is 5.77. The maximum absolute atomic E-state index is 5.77. The van der Waals surface area contributed by atoms with E-state index in [-0.39, 0.29) is 5.41 Å². The summed E-state index contributed by atoms with van der Waals surface area (Å²) in [5.41, 5.74) is 1.40. The molecule has 0 bridgehead atoms. The van der Waals surface area contributed by atoms with Crippen LogP contribution >= 0.6 is 11.6 Å². The lowest BCUT2D eigenvalue weighted by Crippen LogP contribution is -2.28. The van der Waals surface area contributed by atoms with Crippen molar-refractivity contribution >= 4 is 11.6 Å². The summed E-state index contributed by atoms with van der Waals surface area (Å²) < 4.78 is 11.5. The molecule has 1 aromatic rings. The van der Waals surface area contributed by atoms with Crippen LogP contribution in [0.15, 0.2) is 48.3 Å². The van der Waals surface area contributed by atoms with Crippen LogP contribution < -0.4 is 4.74 Å². The molecule has 0 aromatic heterocycles. The van der Waals surface area contributed by atoms with Crippen molar-refractivity contribution < 1.29 is 9.47 Å². The van der Waals surface area contributed by atoms with E-state index in [1.807, 2.05) is 0 Å². The second-order valence-electron chi connectivity index (χ2n) is 7.15. The molecule has 1 unspecified atom stereocenters.